The molecule has 1 aromatic carbocycles. The van der Waals surface area contributed by atoms with E-state index in [9.17, 15) is 0 Å². The summed E-state index contributed by atoms with van der Waals surface area (Å²) in [6, 6.07) is 8.40. The van der Waals surface area contributed by atoms with Gasteiger partial charge in [-0.2, -0.15) is 0 Å². The predicted molar refractivity (Wildman–Crippen MR) is 69.0 cm³/mol. The van der Waals surface area contributed by atoms with E-state index in [0.717, 1.165) is 5.69 Å². The third kappa shape index (κ3) is 1.28. The maximum Gasteiger partial charge on any atom is 0.0712 e. The minimum absolute atomic E-state index is 0.465. The van der Waals surface area contributed by atoms with Gasteiger partial charge in [-0.05, 0) is 12.0 Å². The van der Waals surface area contributed by atoms with Crippen molar-refractivity contribution in [2.75, 3.05) is 0 Å². The van der Waals surface area contributed by atoms with Crippen LogP contribution in [0.15, 0.2) is 47.5 Å². The molecule has 1 aliphatic heterocycles. The molecule has 1 heteroatoms. The molecule has 1 unspecified atom stereocenters. The summed E-state index contributed by atoms with van der Waals surface area (Å²) in [7, 11) is 0. The van der Waals surface area contributed by atoms with Crippen molar-refractivity contribution in [1.82, 2.24) is 0 Å². The van der Waals surface area contributed by atoms with Gasteiger partial charge in [-0.1, -0.05) is 50.3 Å². The molecule has 16 heavy (non-hydrogen) atoms. The second-order valence-corrected chi connectivity index (χ2v) is 4.75. The van der Waals surface area contributed by atoms with E-state index in [2.05, 4.69) is 56.3 Å². The highest BCUT2D eigenvalue weighted by Gasteiger charge is 2.28. The van der Waals surface area contributed by atoms with E-state index in [1.807, 2.05) is 0 Å². The molecule has 1 aliphatic carbocycles. The second-order valence-electron chi connectivity index (χ2n) is 4.75. The molecule has 1 atom stereocenters. The van der Waals surface area contributed by atoms with E-state index in [1.165, 1.54) is 16.8 Å². The van der Waals surface area contributed by atoms with Crippen molar-refractivity contribution < 1.29 is 0 Å². The van der Waals surface area contributed by atoms with Crippen LogP contribution in [0, 0.1) is 11.8 Å². The van der Waals surface area contributed by atoms with Crippen LogP contribution in [-0.4, -0.2) is 5.71 Å². The van der Waals surface area contributed by atoms with Crippen molar-refractivity contribution in [3.63, 3.8) is 0 Å². The van der Waals surface area contributed by atoms with E-state index in [0.29, 0.717) is 11.8 Å². The maximum absolute atomic E-state index is 4.77. The average molecular weight is 209 g/mol. The number of benzene rings is 1. The molecule has 0 radical (unpaired) electrons. The van der Waals surface area contributed by atoms with Crippen molar-refractivity contribution in [2.45, 2.75) is 13.8 Å². The van der Waals surface area contributed by atoms with Crippen molar-refractivity contribution in [1.29, 1.82) is 0 Å². The molecule has 0 amide bonds. The smallest absolute Gasteiger partial charge is 0.0712 e. The van der Waals surface area contributed by atoms with Gasteiger partial charge in [-0.3, -0.25) is 4.99 Å². The fraction of sp³-hybridized carbons (Fsp3) is 0.267. The molecule has 1 heterocycles. The lowest BCUT2D eigenvalue weighted by Crippen LogP contribution is -2.19. The Morgan fingerprint density at radius 2 is 2.00 bits per heavy atom. The summed E-state index contributed by atoms with van der Waals surface area (Å²) < 4.78 is 0. The van der Waals surface area contributed by atoms with Crippen LogP contribution < -0.4 is 0 Å². The molecule has 0 spiro atoms. The molecule has 0 aromatic heterocycles. The number of allylic oxidation sites excluding steroid dienone is 4. The number of hydrogen-bond acceptors (Lipinski definition) is 1. The molecule has 1 nitrogen and oxygen atoms in total. The number of fused-ring (bicyclic) bond motifs is 3. The summed E-state index contributed by atoms with van der Waals surface area (Å²) in [6.45, 7) is 4.51. The molecule has 0 saturated carbocycles. The minimum Gasteiger partial charge on any atom is -0.252 e. The lowest BCUT2D eigenvalue weighted by molar-refractivity contribution is 0.579. The van der Waals surface area contributed by atoms with Gasteiger partial charge in [-0.25, -0.2) is 0 Å². The Labute approximate surface area is 96.2 Å². The summed E-state index contributed by atoms with van der Waals surface area (Å²) in [5.74, 6) is 1.07. The molecule has 0 bridgehead atoms. The lowest BCUT2D eigenvalue weighted by atomic mass is 9.83. The topological polar surface area (TPSA) is 12.4 Å². The average Bonchev–Trinajstić information content (AvgIpc) is 2.67. The van der Waals surface area contributed by atoms with Crippen LogP contribution in [-0.2, 0) is 0 Å². The first-order valence-electron chi connectivity index (χ1n) is 5.84. The Balaban J connectivity index is 2.13. The van der Waals surface area contributed by atoms with Crippen LogP contribution in [0.5, 0.6) is 0 Å². The van der Waals surface area contributed by atoms with Gasteiger partial charge in [0.05, 0.1) is 11.4 Å². The Morgan fingerprint density at radius 1 is 1.19 bits per heavy atom. The SMILES string of the molecule is CC(C)C1C=CC=C2C1=Nc1ccccc12. The van der Waals surface area contributed by atoms with Gasteiger partial charge in [0, 0.05) is 17.1 Å². The number of para-hydroxylation sites is 1. The summed E-state index contributed by atoms with van der Waals surface area (Å²) in [5.41, 5.74) is 4.97. The van der Waals surface area contributed by atoms with E-state index >= 15 is 0 Å². The monoisotopic (exact) mass is 209 g/mol. The lowest BCUT2D eigenvalue weighted by Gasteiger charge is -2.21. The zero-order chi connectivity index (χ0) is 11.1. The van der Waals surface area contributed by atoms with Gasteiger partial charge in [0.1, 0.15) is 0 Å². The summed E-state index contributed by atoms with van der Waals surface area (Å²) in [6.07, 6.45) is 6.61. The van der Waals surface area contributed by atoms with Crippen molar-refractivity contribution in [3.8, 4) is 0 Å². The largest absolute Gasteiger partial charge is 0.252 e. The van der Waals surface area contributed by atoms with Crippen LogP contribution >= 0.6 is 0 Å². The van der Waals surface area contributed by atoms with Crippen LogP contribution in [0.4, 0.5) is 5.69 Å². The van der Waals surface area contributed by atoms with Gasteiger partial charge >= 0.3 is 0 Å². The normalized spacial score (nSPS) is 21.6. The van der Waals surface area contributed by atoms with Gasteiger partial charge in [0.15, 0.2) is 0 Å². The Hall–Kier alpha value is -1.63. The second kappa shape index (κ2) is 3.44. The summed E-state index contributed by atoms with van der Waals surface area (Å²) >= 11 is 0. The first-order valence-corrected chi connectivity index (χ1v) is 5.84. The number of hydrogen-bond donors (Lipinski definition) is 0. The van der Waals surface area contributed by atoms with Crippen molar-refractivity contribution in [3.05, 3.63) is 48.1 Å². The zero-order valence-electron chi connectivity index (χ0n) is 9.64. The van der Waals surface area contributed by atoms with Crippen LogP contribution in [0.1, 0.15) is 19.4 Å². The highest BCUT2D eigenvalue weighted by molar-refractivity contribution is 6.31. The van der Waals surface area contributed by atoms with Gasteiger partial charge < -0.3 is 0 Å². The molecule has 1 aromatic rings. The van der Waals surface area contributed by atoms with E-state index < -0.39 is 0 Å². The minimum atomic E-state index is 0.465. The Bertz CT molecular complexity index is 518. The first-order chi connectivity index (χ1) is 7.77. The van der Waals surface area contributed by atoms with Crippen LogP contribution in [0.3, 0.4) is 0 Å². The number of aliphatic imine (C=N–C) groups is 1. The summed E-state index contributed by atoms with van der Waals surface area (Å²) in [4.78, 5) is 4.77. The van der Waals surface area contributed by atoms with Gasteiger partial charge in [0.25, 0.3) is 0 Å². The highest BCUT2D eigenvalue weighted by atomic mass is 14.8. The molecule has 80 valence electrons. The van der Waals surface area contributed by atoms with E-state index in [1.54, 1.807) is 0 Å². The molecular formula is C15H15N. The van der Waals surface area contributed by atoms with Crippen molar-refractivity contribution >= 4 is 17.0 Å². The van der Waals surface area contributed by atoms with Crippen LogP contribution in [0.25, 0.3) is 5.57 Å². The van der Waals surface area contributed by atoms with E-state index in [4.69, 9.17) is 4.99 Å². The van der Waals surface area contributed by atoms with Crippen molar-refractivity contribution in [2.24, 2.45) is 16.8 Å². The Morgan fingerprint density at radius 3 is 2.81 bits per heavy atom. The highest BCUT2D eigenvalue weighted by Crippen LogP contribution is 2.40. The summed E-state index contributed by atoms with van der Waals surface area (Å²) in [5, 5.41) is 0. The standard InChI is InChI=1S/C15H15N/c1-10(2)11-7-5-8-13-12-6-3-4-9-14(12)16-15(11)13/h3-11H,1-2H3. The van der Waals surface area contributed by atoms with Gasteiger partial charge in [-0.15, -0.1) is 0 Å². The quantitative estimate of drug-likeness (QED) is 0.663. The fourth-order valence-electron chi connectivity index (χ4n) is 2.46. The first kappa shape index (κ1) is 9.59. The number of nitrogens with zero attached hydrogens (tertiary/aromatic N) is 1. The van der Waals surface area contributed by atoms with Gasteiger partial charge in [0.2, 0.25) is 0 Å². The third-order valence-corrected chi connectivity index (χ3v) is 3.33. The van der Waals surface area contributed by atoms with Crippen LogP contribution in [0.2, 0.25) is 0 Å². The molecule has 2 aliphatic rings. The third-order valence-electron chi connectivity index (χ3n) is 3.33. The molecule has 0 saturated heterocycles. The molecular weight excluding hydrogens is 194 g/mol. The molecule has 0 N–H and O–H groups in total. The zero-order valence-corrected chi connectivity index (χ0v) is 9.64. The van der Waals surface area contributed by atoms with E-state index in [-0.39, 0.29) is 0 Å². The fourth-order valence-corrected chi connectivity index (χ4v) is 2.46. The molecule has 3 rings (SSSR count). The molecule has 0 fully saturated rings. The maximum atomic E-state index is 4.77. The Kier molecular flexibility index (Phi) is 2.06. The number of rotatable bonds is 1. The predicted octanol–water partition coefficient (Wildman–Crippen LogP) is 4.00.